The van der Waals surface area contributed by atoms with E-state index in [4.69, 9.17) is 0 Å². The summed E-state index contributed by atoms with van der Waals surface area (Å²) in [4.78, 5) is 12.2. The second-order valence-corrected chi connectivity index (χ2v) is 13.0. The summed E-state index contributed by atoms with van der Waals surface area (Å²) in [6, 6.07) is 0. The first-order valence-corrected chi connectivity index (χ1v) is 13.4. The average Bonchev–Trinajstić information content (AvgIpc) is 2.99. The Morgan fingerprint density at radius 2 is 1.71 bits per heavy atom. The number of rotatable bonds is 4. The minimum Gasteiger partial charge on any atom is -0.545 e. The molecule has 35 heavy (non-hydrogen) atoms. The summed E-state index contributed by atoms with van der Waals surface area (Å²) >= 11 is 0. The normalized spacial score (nSPS) is 48.1. The smallest absolute Gasteiger partial charge is 0.545 e. The number of carboxylic acids is 1. The van der Waals surface area contributed by atoms with Gasteiger partial charge in [-0.05, 0) is 116 Å². The SMILES string of the molecule is CC(C)=CCCC(C(=O)[O-])=C1[C@@H](O)C[C@@]2(C)[C@H]1C[C@@H](O)[C@H]1[C@@]3(C)CC[C@@H](O)[C@@H](C)[C@@H]3CC[C@@]12C.[Na+]. The minimum atomic E-state index is -1.19. The van der Waals surface area contributed by atoms with Crippen LogP contribution in [0, 0.1) is 39.9 Å². The molecule has 4 fully saturated rings. The van der Waals surface area contributed by atoms with E-state index in [9.17, 15) is 25.2 Å². The van der Waals surface area contributed by atoms with E-state index in [1.54, 1.807) is 0 Å². The quantitative estimate of drug-likeness (QED) is 0.303. The number of carbonyl (C=O) groups excluding carboxylic acids is 1. The molecule has 4 saturated carbocycles. The van der Waals surface area contributed by atoms with Gasteiger partial charge in [0, 0.05) is 0 Å². The van der Waals surface area contributed by atoms with Crippen molar-refractivity contribution in [1.82, 2.24) is 0 Å². The molecule has 0 saturated heterocycles. The molecule has 4 aliphatic rings. The first-order chi connectivity index (χ1) is 15.8. The Morgan fingerprint density at radius 3 is 2.31 bits per heavy atom. The maximum Gasteiger partial charge on any atom is 1.00 e. The Hall–Kier alpha value is -0.170. The fourth-order valence-corrected chi connectivity index (χ4v) is 9.50. The van der Waals surface area contributed by atoms with E-state index in [1.807, 2.05) is 19.9 Å². The van der Waals surface area contributed by atoms with Crippen molar-refractivity contribution in [2.75, 3.05) is 0 Å². The maximum absolute atomic E-state index is 12.2. The summed E-state index contributed by atoms with van der Waals surface area (Å²) in [6.07, 6.45) is 5.95. The monoisotopic (exact) mass is 496 g/mol. The molecule has 3 N–H and O–H groups in total. The fraction of sp³-hybridized carbons (Fsp3) is 0.828. The number of aliphatic carboxylic acids is 1. The number of hydrogen-bond acceptors (Lipinski definition) is 5. The van der Waals surface area contributed by atoms with Gasteiger partial charge in [0.2, 0.25) is 0 Å². The van der Waals surface area contributed by atoms with Crippen molar-refractivity contribution < 1.29 is 54.8 Å². The van der Waals surface area contributed by atoms with Crippen molar-refractivity contribution in [3.8, 4) is 0 Å². The van der Waals surface area contributed by atoms with E-state index in [2.05, 4.69) is 27.7 Å². The Kier molecular flexibility index (Phi) is 8.55. The van der Waals surface area contributed by atoms with Gasteiger partial charge in [-0.25, -0.2) is 0 Å². The van der Waals surface area contributed by atoms with Gasteiger partial charge in [0.15, 0.2) is 0 Å². The molecule has 5 nitrogen and oxygen atoms in total. The van der Waals surface area contributed by atoms with E-state index in [0.29, 0.717) is 37.2 Å². The zero-order valence-corrected chi connectivity index (χ0v) is 24.9. The molecule has 0 aromatic carbocycles. The fourth-order valence-electron chi connectivity index (χ4n) is 9.50. The van der Waals surface area contributed by atoms with Crippen LogP contribution in [0.2, 0.25) is 0 Å². The molecule has 10 atom stereocenters. The van der Waals surface area contributed by atoms with Crippen molar-refractivity contribution in [3.05, 3.63) is 22.8 Å². The topological polar surface area (TPSA) is 101 Å². The van der Waals surface area contributed by atoms with Crippen LogP contribution in [-0.4, -0.2) is 39.6 Å². The van der Waals surface area contributed by atoms with Gasteiger partial charge in [-0.2, -0.15) is 0 Å². The Balaban J connectivity index is 0.00000342. The molecule has 0 bridgehead atoms. The van der Waals surface area contributed by atoms with Crippen LogP contribution >= 0.6 is 0 Å². The molecule has 0 aromatic rings. The molecule has 6 heteroatoms. The molecule has 0 unspecified atom stereocenters. The summed E-state index contributed by atoms with van der Waals surface area (Å²) in [5.74, 6) is -0.699. The van der Waals surface area contributed by atoms with E-state index < -0.39 is 18.2 Å². The molecular weight excluding hydrogens is 451 g/mol. The number of carbonyl (C=O) groups is 1. The summed E-state index contributed by atoms with van der Waals surface area (Å²) in [5.41, 5.74) is 1.40. The second-order valence-electron chi connectivity index (χ2n) is 13.0. The van der Waals surface area contributed by atoms with Gasteiger partial charge in [0.1, 0.15) is 0 Å². The molecule has 0 aromatic heterocycles. The Labute approximate surface area is 233 Å². The average molecular weight is 497 g/mol. The van der Waals surface area contributed by atoms with Gasteiger partial charge >= 0.3 is 29.6 Å². The number of fused-ring (bicyclic) bond motifs is 5. The molecule has 4 aliphatic carbocycles. The van der Waals surface area contributed by atoms with E-state index in [0.717, 1.165) is 31.3 Å². The number of hydrogen-bond donors (Lipinski definition) is 3. The van der Waals surface area contributed by atoms with E-state index in [1.165, 1.54) is 0 Å². The van der Waals surface area contributed by atoms with E-state index >= 15 is 0 Å². The van der Waals surface area contributed by atoms with Crippen LogP contribution in [0.1, 0.15) is 92.9 Å². The predicted octanol–water partition coefficient (Wildman–Crippen LogP) is 0.765. The molecule has 0 spiro atoms. The van der Waals surface area contributed by atoms with Gasteiger partial charge in [-0.15, -0.1) is 0 Å². The first-order valence-electron chi connectivity index (χ1n) is 13.4. The van der Waals surface area contributed by atoms with Crippen LogP contribution in [0.15, 0.2) is 22.8 Å². The van der Waals surface area contributed by atoms with Crippen LogP contribution in [0.3, 0.4) is 0 Å². The van der Waals surface area contributed by atoms with Crippen LogP contribution < -0.4 is 34.7 Å². The molecule has 4 rings (SSSR count). The summed E-state index contributed by atoms with van der Waals surface area (Å²) in [7, 11) is 0. The molecule has 0 aliphatic heterocycles. The summed E-state index contributed by atoms with van der Waals surface area (Å²) in [5, 5.41) is 45.8. The zero-order chi connectivity index (χ0) is 25.2. The molecule has 0 heterocycles. The maximum atomic E-state index is 12.2. The van der Waals surface area contributed by atoms with Crippen molar-refractivity contribution in [3.63, 3.8) is 0 Å². The van der Waals surface area contributed by atoms with Crippen molar-refractivity contribution in [1.29, 1.82) is 0 Å². The van der Waals surface area contributed by atoms with Gasteiger partial charge in [0.05, 0.1) is 24.3 Å². The van der Waals surface area contributed by atoms with Gasteiger partial charge in [-0.1, -0.05) is 39.3 Å². The van der Waals surface area contributed by atoms with E-state index in [-0.39, 0.29) is 75.2 Å². The standard InChI is InChI=1S/C29H46O5.Na/c1-16(2)8-7-9-18(26(33)34)24-20-14-22(31)25-27(4)12-11-21(30)17(3)19(27)10-13-28(25,5)29(20,6)15-23(24)32;/h8,17,19-23,25,30-32H,7,9-15H2,1-6H3,(H,33,34);/q;+1/p-1/t17-,19-,20-,21+,22+,23-,25-,27-,28-,29-;/m0./s1. The zero-order valence-electron chi connectivity index (χ0n) is 22.9. The van der Waals surface area contributed by atoms with Crippen molar-refractivity contribution in [2.45, 2.75) is 111 Å². The van der Waals surface area contributed by atoms with Crippen LogP contribution in [-0.2, 0) is 4.79 Å². The third-order valence-corrected chi connectivity index (χ3v) is 11.3. The largest absolute Gasteiger partial charge is 1.00 e. The number of aliphatic hydroxyl groups excluding tert-OH is 3. The third-order valence-electron chi connectivity index (χ3n) is 11.3. The van der Waals surface area contributed by atoms with Gasteiger partial charge in [0.25, 0.3) is 0 Å². The van der Waals surface area contributed by atoms with Crippen LogP contribution in [0.4, 0.5) is 0 Å². The minimum absolute atomic E-state index is 0. The Bertz CT molecular complexity index is 894. The molecule has 0 amide bonds. The number of allylic oxidation sites excluding steroid dienone is 2. The number of carboxylic acid groups (broad SMARTS) is 1. The molecule has 0 radical (unpaired) electrons. The third kappa shape index (κ3) is 4.44. The van der Waals surface area contributed by atoms with Crippen molar-refractivity contribution in [2.24, 2.45) is 39.9 Å². The first kappa shape index (κ1) is 29.4. The van der Waals surface area contributed by atoms with Crippen LogP contribution in [0.5, 0.6) is 0 Å². The second kappa shape index (κ2) is 10.2. The molecular formula is C29H45NaO5. The Morgan fingerprint density at radius 1 is 1.06 bits per heavy atom. The molecule has 192 valence electrons. The van der Waals surface area contributed by atoms with Crippen LogP contribution in [0.25, 0.3) is 0 Å². The van der Waals surface area contributed by atoms with Crippen molar-refractivity contribution >= 4 is 5.97 Å². The van der Waals surface area contributed by atoms with Gasteiger partial charge < -0.3 is 25.2 Å². The van der Waals surface area contributed by atoms with Gasteiger partial charge in [-0.3, -0.25) is 0 Å². The number of aliphatic hydroxyl groups is 3. The summed E-state index contributed by atoms with van der Waals surface area (Å²) < 4.78 is 0. The summed E-state index contributed by atoms with van der Waals surface area (Å²) in [6.45, 7) is 13.0. The predicted molar refractivity (Wildman–Crippen MR) is 130 cm³/mol.